The van der Waals surface area contributed by atoms with E-state index in [-0.39, 0.29) is 17.3 Å². The summed E-state index contributed by atoms with van der Waals surface area (Å²) in [5.74, 6) is 1.63. The van der Waals surface area contributed by atoms with Crippen molar-refractivity contribution in [1.29, 1.82) is 0 Å². The molecule has 3 aromatic rings. The van der Waals surface area contributed by atoms with Gasteiger partial charge < -0.3 is 24.9 Å². The third-order valence-electron chi connectivity index (χ3n) is 5.57. The van der Waals surface area contributed by atoms with Crippen molar-refractivity contribution in [3.05, 3.63) is 93.2 Å². The highest BCUT2D eigenvalue weighted by Crippen LogP contribution is 2.34. The molecule has 0 aliphatic carbocycles. The van der Waals surface area contributed by atoms with Crippen LogP contribution in [0, 0.1) is 29.9 Å². The molecule has 1 atom stereocenters. The minimum Gasteiger partial charge on any atom is -0.497 e. The molecule has 9 heteroatoms. The zero-order valence-corrected chi connectivity index (χ0v) is 19.7. The SMILES string of the molecule is COc1ccc(Oc2cc(C)c(C3=CC(C)C(NC(=O)c4ccnc([N+](=O)[O-])c4)=N3)c(C)c2)cc1. The van der Waals surface area contributed by atoms with Crippen LogP contribution in [-0.2, 0) is 0 Å². The zero-order chi connectivity index (χ0) is 25.1. The van der Waals surface area contributed by atoms with E-state index in [4.69, 9.17) is 9.47 Å². The Bertz CT molecular complexity index is 1340. The maximum atomic E-state index is 12.7. The number of nitro groups is 1. The molecule has 0 radical (unpaired) electrons. The summed E-state index contributed by atoms with van der Waals surface area (Å²) >= 11 is 0. The van der Waals surface area contributed by atoms with Crippen LogP contribution in [0.4, 0.5) is 5.82 Å². The fraction of sp³-hybridized carbons (Fsp3) is 0.192. The third-order valence-corrected chi connectivity index (χ3v) is 5.57. The van der Waals surface area contributed by atoms with Crippen LogP contribution in [0.3, 0.4) is 0 Å². The van der Waals surface area contributed by atoms with Gasteiger partial charge in [-0.3, -0.25) is 4.79 Å². The number of nitrogens with zero attached hydrogens (tertiary/aromatic N) is 3. The Morgan fingerprint density at radius 1 is 1.03 bits per heavy atom. The summed E-state index contributed by atoms with van der Waals surface area (Å²) in [5, 5.41) is 13.7. The lowest BCUT2D eigenvalue weighted by atomic mass is 9.98. The standard InChI is InChI=1S/C26H24N4O5/c1-15-11-21(35-20-7-5-19(34-4)6-8-20)12-16(2)24(15)22-13-17(3)25(28-22)29-26(31)18-9-10-27-23(14-18)30(32)33/h5-14,17H,1-4H3,(H,28,29,31). The van der Waals surface area contributed by atoms with Gasteiger partial charge in [0.1, 0.15) is 29.3 Å². The zero-order valence-electron chi connectivity index (χ0n) is 19.7. The number of aromatic nitrogens is 1. The lowest BCUT2D eigenvalue weighted by Gasteiger charge is -2.13. The predicted octanol–water partition coefficient (Wildman–Crippen LogP) is 5.23. The van der Waals surface area contributed by atoms with Crippen LogP contribution in [0.1, 0.15) is 34.0 Å². The number of hydrogen-bond donors (Lipinski definition) is 1. The Hall–Kier alpha value is -4.53. The van der Waals surface area contributed by atoms with Crippen molar-refractivity contribution in [3.63, 3.8) is 0 Å². The topological polar surface area (TPSA) is 116 Å². The second kappa shape index (κ2) is 9.76. The Kier molecular flexibility index (Phi) is 6.59. The van der Waals surface area contributed by atoms with Gasteiger partial charge in [0.2, 0.25) is 0 Å². The van der Waals surface area contributed by atoms with Gasteiger partial charge in [-0.25, -0.2) is 4.99 Å². The normalized spacial score (nSPS) is 14.7. The second-order valence-electron chi connectivity index (χ2n) is 8.16. The molecule has 0 saturated heterocycles. The van der Waals surface area contributed by atoms with Crippen molar-refractivity contribution >= 4 is 23.3 Å². The summed E-state index contributed by atoms with van der Waals surface area (Å²) in [6.07, 6.45) is 3.21. The molecule has 0 spiro atoms. The minimum absolute atomic E-state index is 0.139. The Balaban J connectivity index is 1.53. The number of carbonyl (C=O) groups excluding carboxylic acids is 1. The van der Waals surface area contributed by atoms with Crippen molar-refractivity contribution in [2.75, 3.05) is 7.11 Å². The molecular formula is C26H24N4O5. The maximum Gasteiger partial charge on any atom is 0.364 e. The number of ether oxygens (including phenoxy) is 2. The first-order chi connectivity index (χ1) is 16.7. The van der Waals surface area contributed by atoms with Crippen LogP contribution in [0.5, 0.6) is 17.2 Å². The van der Waals surface area contributed by atoms with Crippen molar-refractivity contribution in [2.45, 2.75) is 20.8 Å². The van der Waals surface area contributed by atoms with Crippen molar-refractivity contribution in [2.24, 2.45) is 10.9 Å². The van der Waals surface area contributed by atoms with Crippen LogP contribution < -0.4 is 14.8 Å². The first kappa shape index (κ1) is 23.6. The third kappa shape index (κ3) is 5.19. The largest absolute Gasteiger partial charge is 0.497 e. The quantitative estimate of drug-likeness (QED) is 0.388. The van der Waals surface area contributed by atoms with Gasteiger partial charge in [-0.1, -0.05) is 6.92 Å². The second-order valence-corrected chi connectivity index (χ2v) is 8.16. The summed E-state index contributed by atoms with van der Waals surface area (Å²) in [7, 11) is 1.62. The maximum absolute atomic E-state index is 12.7. The molecule has 0 saturated carbocycles. The molecule has 0 fully saturated rings. The first-order valence-corrected chi connectivity index (χ1v) is 10.9. The lowest BCUT2D eigenvalue weighted by molar-refractivity contribution is -0.389. The Morgan fingerprint density at radius 2 is 1.69 bits per heavy atom. The van der Waals surface area contributed by atoms with Crippen LogP contribution in [0.25, 0.3) is 5.70 Å². The molecule has 1 aliphatic rings. The molecule has 1 amide bonds. The molecule has 178 valence electrons. The number of amides is 1. The number of aryl methyl sites for hydroxylation is 2. The van der Waals surface area contributed by atoms with Crippen molar-refractivity contribution in [3.8, 4) is 17.2 Å². The highest BCUT2D eigenvalue weighted by molar-refractivity contribution is 6.10. The molecule has 1 unspecified atom stereocenters. The molecule has 1 N–H and O–H groups in total. The van der Waals surface area contributed by atoms with E-state index in [1.165, 1.54) is 12.3 Å². The average Bonchev–Trinajstić information content (AvgIpc) is 3.18. The first-order valence-electron chi connectivity index (χ1n) is 10.9. The van der Waals surface area contributed by atoms with Crippen LogP contribution >= 0.6 is 0 Å². The monoisotopic (exact) mass is 472 g/mol. The van der Waals surface area contributed by atoms with E-state index in [0.29, 0.717) is 17.3 Å². The summed E-state index contributed by atoms with van der Waals surface area (Å²) in [5.41, 5.74) is 3.81. The summed E-state index contributed by atoms with van der Waals surface area (Å²) < 4.78 is 11.2. The molecule has 1 aromatic heterocycles. The highest BCUT2D eigenvalue weighted by Gasteiger charge is 2.23. The van der Waals surface area contributed by atoms with Gasteiger partial charge >= 0.3 is 5.82 Å². The van der Waals surface area contributed by atoms with Crippen LogP contribution in [0.2, 0.25) is 0 Å². The predicted molar refractivity (Wildman–Crippen MR) is 132 cm³/mol. The van der Waals surface area contributed by atoms with E-state index < -0.39 is 10.8 Å². The van der Waals surface area contributed by atoms with Gasteiger partial charge in [0.15, 0.2) is 0 Å². The van der Waals surface area contributed by atoms with Crippen molar-refractivity contribution < 1.29 is 19.2 Å². The summed E-state index contributed by atoms with van der Waals surface area (Å²) in [4.78, 5) is 31.3. The molecule has 35 heavy (non-hydrogen) atoms. The van der Waals surface area contributed by atoms with Crippen LogP contribution in [-0.4, -0.2) is 28.8 Å². The number of hydrogen-bond acceptors (Lipinski definition) is 7. The fourth-order valence-electron chi connectivity index (χ4n) is 3.88. The number of aliphatic imine (C=N–C) groups is 1. The highest BCUT2D eigenvalue weighted by atomic mass is 16.6. The average molecular weight is 473 g/mol. The smallest absolute Gasteiger partial charge is 0.364 e. The molecule has 0 bridgehead atoms. The summed E-state index contributed by atoms with van der Waals surface area (Å²) in [6.45, 7) is 5.89. The van der Waals surface area contributed by atoms with Gasteiger partial charge in [0.25, 0.3) is 5.91 Å². The number of methoxy groups -OCH3 is 1. The number of nitrogens with one attached hydrogen (secondary N) is 1. The summed E-state index contributed by atoms with van der Waals surface area (Å²) in [6, 6.07) is 13.8. The number of benzene rings is 2. The lowest BCUT2D eigenvalue weighted by Crippen LogP contribution is -2.33. The molecule has 1 aliphatic heterocycles. The van der Waals surface area contributed by atoms with E-state index in [1.807, 2.05) is 63.2 Å². The molecule has 4 rings (SSSR count). The Labute approximate surface area is 202 Å². The molecular weight excluding hydrogens is 448 g/mol. The van der Waals surface area contributed by atoms with Gasteiger partial charge in [-0.2, -0.15) is 0 Å². The van der Waals surface area contributed by atoms with Gasteiger partial charge in [-0.15, -0.1) is 0 Å². The van der Waals surface area contributed by atoms with E-state index >= 15 is 0 Å². The fourth-order valence-corrected chi connectivity index (χ4v) is 3.88. The van der Waals surface area contributed by atoms with Crippen LogP contribution in [0.15, 0.2) is 65.8 Å². The Morgan fingerprint density at radius 3 is 2.31 bits per heavy atom. The molecule has 9 nitrogen and oxygen atoms in total. The van der Waals surface area contributed by atoms with Gasteiger partial charge in [0.05, 0.1) is 18.4 Å². The molecule has 2 aromatic carbocycles. The minimum atomic E-state index is -0.639. The number of carbonyl (C=O) groups is 1. The van der Waals surface area contributed by atoms with E-state index in [1.54, 1.807) is 7.11 Å². The number of rotatable bonds is 6. The van der Waals surface area contributed by atoms with E-state index in [2.05, 4.69) is 15.3 Å². The van der Waals surface area contributed by atoms with Gasteiger partial charge in [0, 0.05) is 17.5 Å². The number of amidine groups is 1. The van der Waals surface area contributed by atoms with Gasteiger partial charge in [-0.05, 0) is 83.4 Å². The van der Waals surface area contributed by atoms with Crippen molar-refractivity contribution in [1.82, 2.24) is 10.3 Å². The molecule has 2 heterocycles. The number of pyridine rings is 1. The van der Waals surface area contributed by atoms with E-state index in [0.717, 1.165) is 34.2 Å². The van der Waals surface area contributed by atoms with E-state index in [9.17, 15) is 14.9 Å².